The molecule has 0 unspecified atom stereocenters. The van der Waals surface area contributed by atoms with E-state index in [0.29, 0.717) is 23.4 Å². The summed E-state index contributed by atoms with van der Waals surface area (Å²) >= 11 is 0. The molecular formula is C55H35N7. The molecule has 7 heteroatoms. The summed E-state index contributed by atoms with van der Waals surface area (Å²) in [6.45, 7) is 0. The van der Waals surface area contributed by atoms with Crippen LogP contribution in [-0.4, -0.2) is 34.1 Å². The van der Waals surface area contributed by atoms with E-state index in [1.54, 1.807) is 0 Å². The molecule has 290 valence electrons. The molecule has 0 fully saturated rings. The van der Waals surface area contributed by atoms with Crippen molar-refractivity contribution in [2.24, 2.45) is 0 Å². The number of hydrogen-bond acceptors (Lipinski definition) is 5. The van der Waals surface area contributed by atoms with E-state index >= 15 is 0 Å². The lowest BCUT2D eigenvalue weighted by molar-refractivity contribution is 0.953. The van der Waals surface area contributed by atoms with E-state index in [4.69, 9.17) is 24.9 Å². The van der Waals surface area contributed by atoms with Gasteiger partial charge in [-0.15, -0.1) is 0 Å². The largest absolute Gasteiger partial charge is 0.309 e. The van der Waals surface area contributed by atoms with Gasteiger partial charge in [-0.2, -0.15) is 9.97 Å². The molecule has 12 aromatic rings. The molecular weight excluding hydrogens is 759 g/mol. The highest BCUT2D eigenvalue weighted by Crippen LogP contribution is 2.40. The maximum atomic E-state index is 5.19. The number of rotatable bonds is 7. The van der Waals surface area contributed by atoms with E-state index in [0.717, 1.165) is 77.7 Å². The molecule has 4 aromatic heterocycles. The molecule has 0 radical (unpaired) electrons. The maximum Gasteiger partial charge on any atom is 0.238 e. The quantitative estimate of drug-likeness (QED) is 0.161. The maximum absolute atomic E-state index is 5.19. The normalized spacial score (nSPS) is 11.5. The molecule has 4 heterocycles. The van der Waals surface area contributed by atoms with Crippen LogP contribution in [0.3, 0.4) is 0 Å². The zero-order valence-electron chi connectivity index (χ0n) is 33.3. The third kappa shape index (κ3) is 6.02. The summed E-state index contributed by atoms with van der Waals surface area (Å²) < 4.78 is 4.55. The molecule has 7 nitrogen and oxygen atoms in total. The lowest BCUT2D eigenvalue weighted by atomic mass is 10.1. The van der Waals surface area contributed by atoms with E-state index < -0.39 is 0 Å². The van der Waals surface area contributed by atoms with Crippen LogP contribution in [0.15, 0.2) is 212 Å². The minimum atomic E-state index is 0.560. The summed E-state index contributed by atoms with van der Waals surface area (Å²) in [5.74, 6) is 2.49. The molecule has 8 aromatic carbocycles. The SMILES string of the molecule is c1ccc(-c2cc(-c3ccc(-n4c5ccccc5c5cc6c7ccccc7n(-c7nc(-c8ccccc8)nc(-c8ccccc8)n7)c6cc54)cc3)nc(-c3ccccc3)n2)cc1. The molecule has 0 atom stereocenters. The third-order valence-electron chi connectivity index (χ3n) is 11.6. The van der Waals surface area contributed by atoms with Crippen LogP contribution in [0.5, 0.6) is 0 Å². The average molecular weight is 794 g/mol. The van der Waals surface area contributed by atoms with Gasteiger partial charge in [0, 0.05) is 55.0 Å². The van der Waals surface area contributed by atoms with E-state index in [1.165, 1.54) is 10.8 Å². The van der Waals surface area contributed by atoms with Crippen LogP contribution in [0.4, 0.5) is 0 Å². The highest BCUT2D eigenvalue weighted by molar-refractivity contribution is 6.19. The zero-order valence-corrected chi connectivity index (χ0v) is 33.3. The minimum Gasteiger partial charge on any atom is -0.309 e. The monoisotopic (exact) mass is 793 g/mol. The van der Waals surface area contributed by atoms with Crippen LogP contribution in [0, 0.1) is 0 Å². The molecule has 0 N–H and O–H groups in total. The Morgan fingerprint density at radius 3 is 1.18 bits per heavy atom. The molecule has 0 bridgehead atoms. The molecule has 0 saturated carbocycles. The van der Waals surface area contributed by atoms with Crippen LogP contribution in [0.1, 0.15) is 0 Å². The Morgan fingerprint density at radius 2 is 0.661 bits per heavy atom. The van der Waals surface area contributed by atoms with Crippen molar-refractivity contribution in [2.75, 3.05) is 0 Å². The fraction of sp³-hybridized carbons (Fsp3) is 0. The zero-order chi connectivity index (χ0) is 41.0. The van der Waals surface area contributed by atoms with Crippen LogP contribution < -0.4 is 0 Å². The van der Waals surface area contributed by atoms with Gasteiger partial charge in [-0.3, -0.25) is 4.57 Å². The third-order valence-corrected chi connectivity index (χ3v) is 11.6. The minimum absolute atomic E-state index is 0.560. The van der Waals surface area contributed by atoms with Gasteiger partial charge in [-0.05, 0) is 42.5 Å². The molecule has 0 aliphatic heterocycles. The highest BCUT2D eigenvalue weighted by Gasteiger charge is 2.21. The van der Waals surface area contributed by atoms with Crippen molar-refractivity contribution in [2.45, 2.75) is 0 Å². The second-order valence-electron chi connectivity index (χ2n) is 15.3. The Hall–Kier alpha value is -8.55. The fourth-order valence-electron chi connectivity index (χ4n) is 8.67. The van der Waals surface area contributed by atoms with Crippen molar-refractivity contribution in [1.29, 1.82) is 0 Å². The lowest BCUT2D eigenvalue weighted by Gasteiger charge is -2.12. The Bertz CT molecular complexity index is 3480. The van der Waals surface area contributed by atoms with Gasteiger partial charge in [0.2, 0.25) is 5.95 Å². The average Bonchev–Trinajstić information content (AvgIpc) is 3.86. The summed E-state index contributed by atoms with van der Waals surface area (Å²) in [4.78, 5) is 25.5. The van der Waals surface area contributed by atoms with Crippen molar-refractivity contribution < 1.29 is 0 Å². The molecule has 0 amide bonds. The van der Waals surface area contributed by atoms with Crippen molar-refractivity contribution in [3.63, 3.8) is 0 Å². The first-order chi connectivity index (χ1) is 30.7. The van der Waals surface area contributed by atoms with E-state index in [2.05, 4.69) is 124 Å². The Kier molecular flexibility index (Phi) is 8.35. The predicted molar refractivity (Wildman–Crippen MR) is 251 cm³/mol. The van der Waals surface area contributed by atoms with Gasteiger partial charge in [0.05, 0.1) is 33.5 Å². The number of nitrogens with zero attached hydrogens (tertiary/aromatic N) is 7. The van der Waals surface area contributed by atoms with Gasteiger partial charge in [-0.25, -0.2) is 15.0 Å². The van der Waals surface area contributed by atoms with E-state index in [9.17, 15) is 0 Å². The molecule has 0 aliphatic rings. The molecule has 0 aliphatic carbocycles. The number of benzene rings is 8. The smallest absolute Gasteiger partial charge is 0.238 e. The summed E-state index contributed by atoms with van der Waals surface area (Å²) in [5, 5.41) is 4.60. The van der Waals surface area contributed by atoms with Crippen molar-refractivity contribution in [3.8, 4) is 68.3 Å². The van der Waals surface area contributed by atoms with E-state index in [1.807, 2.05) is 97.1 Å². The van der Waals surface area contributed by atoms with Crippen molar-refractivity contribution in [1.82, 2.24) is 34.1 Å². The Morgan fingerprint density at radius 1 is 0.258 bits per heavy atom. The van der Waals surface area contributed by atoms with Crippen LogP contribution in [0.25, 0.3) is 112 Å². The number of hydrogen-bond donors (Lipinski definition) is 0. The lowest BCUT2D eigenvalue weighted by Crippen LogP contribution is -2.06. The van der Waals surface area contributed by atoms with Gasteiger partial charge in [0.25, 0.3) is 0 Å². The topological polar surface area (TPSA) is 74.3 Å². The van der Waals surface area contributed by atoms with Gasteiger partial charge in [0.15, 0.2) is 17.5 Å². The summed E-state index contributed by atoms with van der Waals surface area (Å²) in [5.41, 5.74) is 11.9. The standard InChI is InChI=1S/C55H35N7/c1-5-17-36(18-6-1)46-34-47(57-52(56-46)38-19-7-2-8-20-38)37-29-31-41(32-30-37)61-48-27-15-13-25-42(48)44-33-45-43-26-14-16-28-49(43)62(51(45)35-50(44)61)55-59-53(39-21-9-3-10-22-39)58-54(60-55)40-23-11-4-12-24-40/h1-35H. The second-order valence-corrected chi connectivity index (χ2v) is 15.3. The van der Waals surface area contributed by atoms with Crippen molar-refractivity contribution in [3.05, 3.63) is 212 Å². The Balaban J connectivity index is 1.06. The molecule has 12 rings (SSSR count). The van der Waals surface area contributed by atoms with E-state index in [-0.39, 0.29) is 0 Å². The second kappa shape index (κ2) is 14.6. The summed E-state index contributed by atoms with van der Waals surface area (Å²) in [6, 6.07) is 73.3. The van der Waals surface area contributed by atoms with Crippen LogP contribution in [0.2, 0.25) is 0 Å². The van der Waals surface area contributed by atoms with Crippen LogP contribution in [-0.2, 0) is 0 Å². The molecule has 0 spiro atoms. The number of fused-ring (bicyclic) bond motifs is 6. The van der Waals surface area contributed by atoms with Crippen LogP contribution >= 0.6 is 0 Å². The van der Waals surface area contributed by atoms with Gasteiger partial charge in [-0.1, -0.05) is 170 Å². The number of para-hydroxylation sites is 2. The first-order valence-electron chi connectivity index (χ1n) is 20.7. The number of aromatic nitrogens is 7. The Labute approximate surface area is 356 Å². The van der Waals surface area contributed by atoms with Gasteiger partial charge >= 0.3 is 0 Å². The molecule has 0 saturated heterocycles. The highest BCUT2D eigenvalue weighted by atomic mass is 15.2. The summed E-state index contributed by atoms with van der Waals surface area (Å²) in [7, 11) is 0. The first-order valence-corrected chi connectivity index (χ1v) is 20.7. The predicted octanol–water partition coefficient (Wildman–Crippen LogP) is 13.2. The fourth-order valence-corrected chi connectivity index (χ4v) is 8.67. The first kappa shape index (κ1) is 35.4. The summed E-state index contributed by atoms with van der Waals surface area (Å²) in [6.07, 6.45) is 0. The van der Waals surface area contributed by atoms with Gasteiger partial charge < -0.3 is 4.57 Å². The molecule has 62 heavy (non-hydrogen) atoms. The van der Waals surface area contributed by atoms with Gasteiger partial charge in [0.1, 0.15) is 0 Å². The van der Waals surface area contributed by atoms with Crippen molar-refractivity contribution >= 4 is 43.6 Å².